The smallest absolute Gasteiger partial charge is 0.239 e. The van der Waals surface area contributed by atoms with Crippen LogP contribution in [0.1, 0.15) is 0 Å². The minimum Gasteiger partial charge on any atom is -0.308 e. The van der Waals surface area contributed by atoms with Gasteiger partial charge in [0, 0.05) is 18.0 Å². The lowest BCUT2D eigenvalue weighted by molar-refractivity contribution is -0.116. The van der Waals surface area contributed by atoms with E-state index in [9.17, 15) is 9.18 Å². The van der Waals surface area contributed by atoms with Crippen LogP contribution >= 0.6 is 34.7 Å². The first-order chi connectivity index (χ1) is 12.9. The van der Waals surface area contributed by atoms with Gasteiger partial charge in [-0.2, -0.15) is 0 Å². The lowest BCUT2D eigenvalue weighted by Gasteiger charge is -2.21. The van der Waals surface area contributed by atoms with Crippen LogP contribution in [-0.4, -0.2) is 48.7 Å². The SMILES string of the molecule is CN(C)CCN(C(=O)CSc1ccc(F)cc1)c1nc2c(Cl)cccc2s1. The summed E-state index contributed by atoms with van der Waals surface area (Å²) in [6.07, 6.45) is 0. The number of thioether (sulfide) groups is 1. The molecule has 0 atom stereocenters. The van der Waals surface area contributed by atoms with Crippen molar-refractivity contribution in [3.63, 3.8) is 0 Å². The van der Waals surface area contributed by atoms with E-state index in [1.54, 1.807) is 23.1 Å². The van der Waals surface area contributed by atoms with Gasteiger partial charge in [-0.1, -0.05) is 29.0 Å². The molecular weight excluding hydrogens is 405 g/mol. The number of benzene rings is 2. The summed E-state index contributed by atoms with van der Waals surface area (Å²) in [4.78, 5) is 22.1. The Morgan fingerprint density at radius 1 is 1.19 bits per heavy atom. The topological polar surface area (TPSA) is 36.4 Å². The molecule has 0 aliphatic heterocycles. The van der Waals surface area contributed by atoms with Crippen molar-refractivity contribution >= 4 is 56.0 Å². The highest BCUT2D eigenvalue weighted by atomic mass is 35.5. The number of aromatic nitrogens is 1. The van der Waals surface area contributed by atoms with Crippen molar-refractivity contribution in [3.05, 3.63) is 53.3 Å². The zero-order chi connectivity index (χ0) is 19.4. The van der Waals surface area contributed by atoms with E-state index in [-0.39, 0.29) is 17.5 Å². The molecule has 1 aromatic heterocycles. The van der Waals surface area contributed by atoms with Gasteiger partial charge in [0.1, 0.15) is 11.3 Å². The third-order valence-corrected chi connectivity index (χ3v) is 6.18. The van der Waals surface area contributed by atoms with Gasteiger partial charge >= 0.3 is 0 Å². The average Bonchev–Trinajstić information content (AvgIpc) is 3.06. The Morgan fingerprint density at radius 2 is 1.93 bits per heavy atom. The number of nitrogens with zero attached hydrogens (tertiary/aromatic N) is 3. The van der Waals surface area contributed by atoms with E-state index in [1.165, 1.54) is 35.2 Å². The molecule has 0 aliphatic carbocycles. The van der Waals surface area contributed by atoms with E-state index in [4.69, 9.17) is 11.6 Å². The van der Waals surface area contributed by atoms with E-state index in [2.05, 4.69) is 4.98 Å². The second kappa shape index (κ2) is 9.01. The van der Waals surface area contributed by atoms with Crippen molar-refractivity contribution in [2.75, 3.05) is 37.8 Å². The van der Waals surface area contributed by atoms with Gasteiger partial charge in [-0.05, 0) is 50.5 Å². The maximum atomic E-state index is 13.0. The molecule has 2 aromatic carbocycles. The first-order valence-corrected chi connectivity index (χ1v) is 10.5. The molecule has 1 amide bonds. The van der Waals surface area contributed by atoms with Gasteiger partial charge in [0.05, 0.1) is 15.5 Å². The number of thiazole rings is 1. The minimum absolute atomic E-state index is 0.0404. The molecule has 0 bridgehead atoms. The van der Waals surface area contributed by atoms with Gasteiger partial charge in [0.15, 0.2) is 5.13 Å². The quantitative estimate of drug-likeness (QED) is 0.512. The molecule has 0 saturated carbocycles. The van der Waals surface area contributed by atoms with Gasteiger partial charge in [0.25, 0.3) is 0 Å². The molecule has 1 heterocycles. The fraction of sp³-hybridized carbons (Fsp3) is 0.263. The van der Waals surface area contributed by atoms with E-state index < -0.39 is 0 Å². The molecule has 27 heavy (non-hydrogen) atoms. The summed E-state index contributed by atoms with van der Waals surface area (Å²) < 4.78 is 14.0. The van der Waals surface area contributed by atoms with Crippen molar-refractivity contribution in [2.45, 2.75) is 4.90 Å². The molecule has 4 nitrogen and oxygen atoms in total. The highest BCUT2D eigenvalue weighted by Gasteiger charge is 2.20. The Kier molecular flexibility index (Phi) is 6.70. The third-order valence-electron chi connectivity index (χ3n) is 3.84. The van der Waals surface area contributed by atoms with E-state index in [0.717, 1.165) is 16.1 Å². The lowest BCUT2D eigenvalue weighted by atomic mass is 10.3. The molecule has 0 fully saturated rings. The zero-order valence-electron chi connectivity index (χ0n) is 15.0. The van der Waals surface area contributed by atoms with E-state index >= 15 is 0 Å². The number of carbonyl (C=O) groups is 1. The number of para-hydroxylation sites is 1. The maximum Gasteiger partial charge on any atom is 0.239 e. The second-order valence-electron chi connectivity index (χ2n) is 6.17. The Morgan fingerprint density at radius 3 is 2.59 bits per heavy atom. The zero-order valence-corrected chi connectivity index (χ0v) is 17.4. The normalized spacial score (nSPS) is 11.3. The minimum atomic E-state index is -0.287. The van der Waals surface area contributed by atoms with Gasteiger partial charge in [-0.15, -0.1) is 11.8 Å². The number of hydrogen-bond donors (Lipinski definition) is 0. The molecule has 0 spiro atoms. The van der Waals surface area contributed by atoms with Crippen molar-refractivity contribution in [3.8, 4) is 0 Å². The van der Waals surface area contributed by atoms with Crippen molar-refractivity contribution in [1.82, 2.24) is 9.88 Å². The number of anilines is 1. The first-order valence-electron chi connectivity index (χ1n) is 8.32. The van der Waals surface area contributed by atoms with Gasteiger partial charge in [0.2, 0.25) is 5.91 Å². The lowest BCUT2D eigenvalue weighted by Crippen LogP contribution is -2.37. The molecule has 3 aromatic rings. The Balaban J connectivity index is 1.79. The highest BCUT2D eigenvalue weighted by molar-refractivity contribution is 8.00. The van der Waals surface area contributed by atoms with Gasteiger partial charge < -0.3 is 4.90 Å². The van der Waals surface area contributed by atoms with Crippen molar-refractivity contribution in [2.24, 2.45) is 0 Å². The molecule has 0 unspecified atom stereocenters. The summed E-state index contributed by atoms with van der Waals surface area (Å²) in [7, 11) is 3.93. The van der Waals surface area contributed by atoms with Crippen LogP contribution in [0.25, 0.3) is 10.2 Å². The number of rotatable bonds is 7. The van der Waals surface area contributed by atoms with Gasteiger partial charge in [-0.3, -0.25) is 9.69 Å². The Hall–Kier alpha value is -1.67. The fourth-order valence-corrected chi connectivity index (χ4v) is 4.48. The summed E-state index contributed by atoms with van der Waals surface area (Å²) in [6, 6.07) is 11.8. The summed E-state index contributed by atoms with van der Waals surface area (Å²) in [5.41, 5.74) is 0.716. The molecule has 8 heteroatoms. The predicted octanol–water partition coefficient (Wildman–Crippen LogP) is 4.78. The number of hydrogen-bond acceptors (Lipinski definition) is 5. The predicted molar refractivity (Wildman–Crippen MR) is 113 cm³/mol. The van der Waals surface area contributed by atoms with Crippen LogP contribution in [0.4, 0.5) is 9.52 Å². The van der Waals surface area contributed by atoms with Crippen LogP contribution in [0.5, 0.6) is 0 Å². The standard InChI is InChI=1S/C19H19ClFN3OS2/c1-23(2)10-11-24(17(25)12-26-14-8-6-13(21)7-9-14)19-22-18-15(20)4-3-5-16(18)27-19/h3-9H,10-12H2,1-2H3. The molecule has 3 rings (SSSR count). The summed E-state index contributed by atoms with van der Waals surface area (Å²) in [5, 5.41) is 1.22. The van der Waals surface area contributed by atoms with Crippen LogP contribution in [0.15, 0.2) is 47.4 Å². The van der Waals surface area contributed by atoms with E-state index in [1.807, 2.05) is 31.1 Å². The maximum absolute atomic E-state index is 13.0. The number of amides is 1. The number of carbonyl (C=O) groups excluding carboxylic acids is 1. The van der Waals surface area contributed by atoms with Crippen LogP contribution in [0, 0.1) is 5.82 Å². The second-order valence-corrected chi connectivity index (χ2v) is 8.64. The summed E-state index contributed by atoms with van der Waals surface area (Å²) >= 11 is 9.07. The van der Waals surface area contributed by atoms with Crippen molar-refractivity contribution in [1.29, 1.82) is 0 Å². The van der Waals surface area contributed by atoms with E-state index in [0.29, 0.717) is 22.2 Å². The first kappa shape index (κ1) is 20.1. The van der Waals surface area contributed by atoms with Crippen LogP contribution in [0.3, 0.4) is 0 Å². The molecule has 142 valence electrons. The largest absolute Gasteiger partial charge is 0.308 e. The molecule has 0 saturated heterocycles. The Labute approximate surface area is 170 Å². The molecular formula is C19H19ClFN3OS2. The summed E-state index contributed by atoms with van der Waals surface area (Å²) in [6.45, 7) is 1.25. The third kappa shape index (κ3) is 5.19. The summed E-state index contributed by atoms with van der Waals surface area (Å²) in [5.74, 6) is -0.0751. The van der Waals surface area contributed by atoms with Gasteiger partial charge in [-0.25, -0.2) is 9.37 Å². The van der Waals surface area contributed by atoms with Crippen LogP contribution in [-0.2, 0) is 4.79 Å². The molecule has 0 N–H and O–H groups in total. The molecule has 0 radical (unpaired) electrons. The number of likely N-dealkylation sites (N-methyl/N-ethyl adjacent to an activating group) is 1. The molecule has 0 aliphatic rings. The number of halogens is 2. The number of fused-ring (bicyclic) bond motifs is 1. The van der Waals surface area contributed by atoms with Crippen LogP contribution < -0.4 is 4.90 Å². The van der Waals surface area contributed by atoms with Crippen LogP contribution in [0.2, 0.25) is 5.02 Å². The van der Waals surface area contributed by atoms with Crippen molar-refractivity contribution < 1.29 is 9.18 Å². The monoisotopic (exact) mass is 423 g/mol. The Bertz CT molecular complexity index is 930. The average molecular weight is 424 g/mol. The highest BCUT2D eigenvalue weighted by Crippen LogP contribution is 2.33. The fourth-order valence-electron chi connectivity index (χ4n) is 2.40.